The van der Waals surface area contributed by atoms with Crippen molar-refractivity contribution in [3.8, 4) is 0 Å². The maximum atomic E-state index is 12.5. The van der Waals surface area contributed by atoms with Crippen molar-refractivity contribution >= 4 is 35.1 Å². The number of carboxylic acids is 1. The van der Waals surface area contributed by atoms with Gasteiger partial charge in [-0.05, 0) is 24.5 Å². The van der Waals surface area contributed by atoms with Gasteiger partial charge in [0, 0.05) is 13.1 Å². The summed E-state index contributed by atoms with van der Waals surface area (Å²) in [5, 5.41) is 9.71. The first-order valence-electron chi connectivity index (χ1n) is 6.36. The van der Waals surface area contributed by atoms with Crippen LogP contribution in [0.25, 0.3) is 0 Å². The van der Waals surface area contributed by atoms with Crippen LogP contribution < -0.4 is 0 Å². The number of carboxylic acid groups (broad SMARTS) is 1. The van der Waals surface area contributed by atoms with E-state index in [-0.39, 0.29) is 34.0 Å². The van der Waals surface area contributed by atoms with Gasteiger partial charge in [-0.1, -0.05) is 36.2 Å². The van der Waals surface area contributed by atoms with Crippen LogP contribution in [0.15, 0.2) is 18.2 Å². The maximum absolute atomic E-state index is 12.5. The van der Waals surface area contributed by atoms with Crippen LogP contribution in [0.4, 0.5) is 0 Å². The summed E-state index contributed by atoms with van der Waals surface area (Å²) in [4.78, 5) is 25.2. The normalized spacial score (nSPS) is 22.6. The van der Waals surface area contributed by atoms with Crippen molar-refractivity contribution in [2.45, 2.75) is 13.3 Å². The summed E-state index contributed by atoms with van der Waals surface area (Å²) in [5.74, 6) is -1.59. The van der Waals surface area contributed by atoms with Crippen LogP contribution in [0, 0.1) is 11.8 Å². The highest BCUT2D eigenvalue weighted by Crippen LogP contribution is 2.29. The molecule has 0 radical (unpaired) electrons. The number of nitrogens with zero attached hydrogens (tertiary/aromatic N) is 1. The van der Waals surface area contributed by atoms with Gasteiger partial charge in [0.25, 0.3) is 5.91 Å². The van der Waals surface area contributed by atoms with E-state index < -0.39 is 11.9 Å². The second-order valence-electron chi connectivity index (χ2n) is 5.18. The zero-order chi connectivity index (χ0) is 14.9. The summed E-state index contributed by atoms with van der Waals surface area (Å²) in [5.41, 5.74) is 0.245. The Morgan fingerprint density at radius 3 is 2.40 bits per heavy atom. The Morgan fingerprint density at radius 2 is 1.85 bits per heavy atom. The standard InChI is InChI=1S/C14H15Cl2NO3/c1-8-5-9(14(19)20)7-17(6-8)13(18)12-10(15)3-2-4-11(12)16/h2-4,8-9H,5-7H2,1H3,(H,19,20). The molecule has 0 saturated carbocycles. The third kappa shape index (κ3) is 3.07. The van der Waals surface area contributed by atoms with E-state index in [1.807, 2.05) is 6.92 Å². The van der Waals surface area contributed by atoms with Crippen molar-refractivity contribution in [1.82, 2.24) is 4.90 Å². The molecule has 1 amide bonds. The van der Waals surface area contributed by atoms with Gasteiger partial charge in [-0.2, -0.15) is 0 Å². The van der Waals surface area contributed by atoms with Crippen molar-refractivity contribution in [3.63, 3.8) is 0 Å². The van der Waals surface area contributed by atoms with Crippen LogP contribution in [-0.4, -0.2) is 35.0 Å². The first-order valence-corrected chi connectivity index (χ1v) is 7.11. The predicted molar refractivity (Wildman–Crippen MR) is 77.3 cm³/mol. The lowest BCUT2D eigenvalue weighted by Gasteiger charge is -2.35. The molecule has 1 saturated heterocycles. The van der Waals surface area contributed by atoms with Crippen molar-refractivity contribution in [2.24, 2.45) is 11.8 Å². The third-order valence-corrected chi connectivity index (χ3v) is 4.10. The maximum Gasteiger partial charge on any atom is 0.308 e. The number of likely N-dealkylation sites (tertiary alicyclic amines) is 1. The van der Waals surface area contributed by atoms with Gasteiger partial charge in [0.15, 0.2) is 0 Å². The van der Waals surface area contributed by atoms with Crippen LogP contribution in [0.3, 0.4) is 0 Å². The molecule has 0 spiro atoms. The minimum absolute atomic E-state index is 0.134. The Kier molecular flexibility index (Phi) is 4.55. The monoisotopic (exact) mass is 315 g/mol. The zero-order valence-electron chi connectivity index (χ0n) is 11.0. The molecule has 2 unspecified atom stereocenters. The molecule has 1 aromatic carbocycles. The lowest BCUT2D eigenvalue weighted by atomic mass is 9.90. The fraction of sp³-hybridized carbons (Fsp3) is 0.429. The van der Waals surface area contributed by atoms with Crippen LogP contribution in [0.5, 0.6) is 0 Å². The van der Waals surface area contributed by atoms with Crippen LogP contribution in [0.1, 0.15) is 23.7 Å². The van der Waals surface area contributed by atoms with E-state index in [0.29, 0.717) is 13.0 Å². The number of halogens is 2. The third-order valence-electron chi connectivity index (χ3n) is 3.47. The highest BCUT2D eigenvalue weighted by molar-refractivity contribution is 6.39. The molecular formula is C14H15Cl2NO3. The number of benzene rings is 1. The summed E-state index contributed by atoms with van der Waals surface area (Å²) < 4.78 is 0. The van der Waals surface area contributed by atoms with E-state index in [1.165, 1.54) is 4.90 Å². The van der Waals surface area contributed by atoms with E-state index >= 15 is 0 Å². The Balaban J connectivity index is 2.26. The van der Waals surface area contributed by atoms with E-state index in [4.69, 9.17) is 28.3 Å². The number of rotatable bonds is 2. The fourth-order valence-corrected chi connectivity index (χ4v) is 3.12. The number of hydrogen-bond donors (Lipinski definition) is 1. The smallest absolute Gasteiger partial charge is 0.308 e. The first-order chi connectivity index (χ1) is 9.40. The molecule has 1 N–H and O–H groups in total. The van der Waals surface area contributed by atoms with Gasteiger partial charge in [-0.3, -0.25) is 9.59 Å². The Morgan fingerprint density at radius 1 is 1.25 bits per heavy atom. The van der Waals surface area contributed by atoms with Crippen molar-refractivity contribution < 1.29 is 14.7 Å². The van der Waals surface area contributed by atoms with Gasteiger partial charge in [-0.15, -0.1) is 0 Å². The minimum Gasteiger partial charge on any atom is -0.481 e. The molecule has 1 aliphatic rings. The second-order valence-corrected chi connectivity index (χ2v) is 6.00. The van der Waals surface area contributed by atoms with E-state index in [0.717, 1.165) is 0 Å². The summed E-state index contributed by atoms with van der Waals surface area (Å²) in [6, 6.07) is 4.87. The molecule has 1 heterocycles. The number of carbonyl (C=O) groups is 2. The quantitative estimate of drug-likeness (QED) is 0.912. The zero-order valence-corrected chi connectivity index (χ0v) is 12.5. The first kappa shape index (κ1) is 15.1. The molecule has 0 aliphatic carbocycles. The number of hydrogen-bond acceptors (Lipinski definition) is 2. The average molecular weight is 316 g/mol. The van der Waals surface area contributed by atoms with Crippen molar-refractivity contribution in [2.75, 3.05) is 13.1 Å². The van der Waals surface area contributed by atoms with Crippen LogP contribution in [0.2, 0.25) is 10.0 Å². The topological polar surface area (TPSA) is 57.6 Å². The Bertz CT molecular complexity index is 527. The highest BCUT2D eigenvalue weighted by Gasteiger charge is 2.33. The molecule has 0 aromatic heterocycles. The molecule has 1 aliphatic heterocycles. The van der Waals surface area contributed by atoms with Gasteiger partial charge in [0.2, 0.25) is 0 Å². The summed E-state index contributed by atoms with van der Waals surface area (Å²) in [6.07, 6.45) is 0.579. The second kappa shape index (κ2) is 6.02. The molecule has 2 atom stereocenters. The van der Waals surface area contributed by atoms with Gasteiger partial charge in [-0.25, -0.2) is 0 Å². The summed E-state index contributed by atoms with van der Waals surface area (Å²) in [6.45, 7) is 2.65. The summed E-state index contributed by atoms with van der Waals surface area (Å²) >= 11 is 12.1. The van der Waals surface area contributed by atoms with Gasteiger partial charge in [0.1, 0.15) is 0 Å². The van der Waals surface area contributed by atoms with Gasteiger partial charge in [0.05, 0.1) is 21.5 Å². The Labute approximate surface area is 127 Å². The number of amides is 1. The van der Waals surface area contributed by atoms with Crippen molar-refractivity contribution in [1.29, 1.82) is 0 Å². The van der Waals surface area contributed by atoms with Crippen LogP contribution in [-0.2, 0) is 4.79 Å². The minimum atomic E-state index is -0.875. The lowest BCUT2D eigenvalue weighted by Crippen LogP contribution is -2.45. The van der Waals surface area contributed by atoms with E-state index in [9.17, 15) is 9.59 Å². The molecule has 20 heavy (non-hydrogen) atoms. The number of aliphatic carboxylic acids is 1. The van der Waals surface area contributed by atoms with E-state index in [1.54, 1.807) is 18.2 Å². The molecule has 4 nitrogen and oxygen atoms in total. The molecular weight excluding hydrogens is 301 g/mol. The van der Waals surface area contributed by atoms with Gasteiger partial charge >= 0.3 is 5.97 Å². The molecule has 6 heteroatoms. The van der Waals surface area contributed by atoms with Gasteiger partial charge < -0.3 is 10.0 Å². The largest absolute Gasteiger partial charge is 0.481 e. The lowest BCUT2D eigenvalue weighted by molar-refractivity contribution is -0.143. The number of piperidine rings is 1. The summed E-state index contributed by atoms with van der Waals surface area (Å²) in [7, 11) is 0. The number of carbonyl (C=O) groups excluding carboxylic acids is 1. The van der Waals surface area contributed by atoms with E-state index in [2.05, 4.69) is 0 Å². The Hall–Kier alpha value is -1.26. The fourth-order valence-electron chi connectivity index (χ4n) is 2.56. The van der Waals surface area contributed by atoms with Crippen molar-refractivity contribution in [3.05, 3.63) is 33.8 Å². The molecule has 1 fully saturated rings. The molecule has 0 bridgehead atoms. The molecule has 1 aromatic rings. The highest BCUT2D eigenvalue weighted by atomic mass is 35.5. The van der Waals surface area contributed by atoms with Crippen LogP contribution >= 0.6 is 23.2 Å². The average Bonchev–Trinajstić information content (AvgIpc) is 2.37. The molecule has 2 rings (SSSR count). The molecule has 108 valence electrons. The predicted octanol–water partition coefficient (Wildman–Crippen LogP) is 3.18. The SMILES string of the molecule is CC1CC(C(=O)O)CN(C(=O)c2c(Cl)cccc2Cl)C1.